The van der Waals surface area contributed by atoms with Crippen molar-refractivity contribution in [2.45, 2.75) is 32.6 Å². The number of carbonyl (C=O) groups is 1. The minimum Gasteiger partial charge on any atom is -0.477 e. The number of benzene rings is 1. The number of ether oxygens (including phenoxy) is 1. The molecule has 0 saturated heterocycles. The van der Waals surface area contributed by atoms with E-state index < -0.39 is 0 Å². The third-order valence-corrected chi connectivity index (χ3v) is 5.06. The van der Waals surface area contributed by atoms with Gasteiger partial charge < -0.3 is 10.1 Å². The summed E-state index contributed by atoms with van der Waals surface area (Å²) in [5.41, 5.74) is 2.15. The van der Waals surface area contributed by atoms with Crippen molar-refractivity contribution in [3.63, 3.8) is 0 Å². The van der Waals surface area contributed by atoms with Crippen molar-refractivity contribution in [2.75, 3.05) is 11.9 Å². The van der Waals surface area contributed by atoms with Crippen LogP contribution in [0.3, 0.4) is 0 Å². The van der Waals surface area contributed by atoms with Crippen molar-refractivity contribution in [1.82, 2.24) is 9.97 Å². The molecule has 1 N–H and O–H groups in total. The minimum atomic E-state index is -0.221. The first kappa shape index (κ1) is 17.5. The van der Waals surface area contributed by atoms with E-state index in [-0.39, 0.29) is 5.91 Å². The number of hydrogen-bond donors (Lipinski definition) is 1. The first-order valence-electron chi connectivity index (χ1n) is 9.44. The Morgan fingerprint density at radius 1 is 1.15 bits per heavy atom. The van der Waals surface area contributed by atoms with E-state index in [4.69, 9.17) is 4.74 Å². The van der Waals surface area contributed by atoms with E-state index in [9.17, 15) is 4.79 Å². The fourth-order valence-corrected chi connectivity index (χ4v) is 3.51. The summed E-state index contributed by atoms with van der Waals surface area (Å²) in [6.45, 7) is 2.67. The molecule has 1 aliphatic rings. The van der Waals surface area contributed by atoms with Gasteiger partial charge in [0.2, 0.25) is 5.88 Å². The Hall–Kier alpha value is -2.95. The fraction of sp³-hybridized carbons (Fsp3) is 0.318. The minimum absolute atomic E-state index is 0.221. The summed E-state index contributed by atoms with van der Waals surface area (Å²) < 4.78 is 6.00. The normalized spacial score (nSPS) is 14.4. The molecule has 0 bridgehead atoms. The second kappa shape index (κ2) is 7.74. The molecule has 3 aromatic rings. The maximum Gasteiger partial charge on any atom is 0.274 e. The molecule has 0 spiro atoms. The summed E-state index contributed by atoms with van der Waals surface area (Å²) >= 11 is 0. The van der Waals surface area contributed by atoms with Crippen LogP contribution in [0.15, 0.2) is 48.8 Å². The molecule has 138 valence electrons. The quantitative estimate of drug-likeness (QED) is 0.712. The number of pyridine rings is 2. The number of rotatable bonds is 5. The van der Waals surface area contributed by atoms with Gasteiger partial charge in [-0.3, -0.25) is 9.78 Å². The monoisotopic (exact) mass is 361 g/mol. The summed E-state index contributed by atoms with van der Waals surface area (Å²) in [7, 11) is 0. The highest BCUT2D eigenvalue weighted by Gasteiger charge is 2.16. The molecular formula is C22H23N3O2. The van der Waals surface area contributed by atoms with Crippen LogP contribution < -0.4 is 10.1 Å². The molecular weight excluding hydrogens is 338 g/mol. The van der Waals surface area contributed by atoms with Crippen LogP contribution in [0, 0.1) is 12.8 Å². The van der Waals surface area contributed by atoms with Gasteiger partial charge in [-0.15, -0.1) is 0 Å². The standard InChI is InChI=1S/C22H23N3O2/c1-15-6-9-20(24-13-15)21(26)25-18-7-8-19-17(12-18)10-11-23-22(19)27-14-16-4-2-3-5-16/h6-13,16H,2-5,14H2,1H3,(H,25,26). The molecule has 2 aromatic heterocycles. The molecule has 0 atom stereocenters. The number of amides is 1. The average molecular weight is 361 g/mol. The molecule has 0 aliphatic heterocycles. The van der Waals surface area contributed by atoms with Crippen molar-refractivity contribution in [3.05, 3.63) is 60.0 Å². The highest BCUT2D eigenvalue weighted by Crippen LogP contribution is 2.29. The van der Waals surface area contributed by atoms with Crippen LogP contribution in [0.25, 0.3) is 10.8 Å². The smallest absolute Gasteiger partial charge is 0.274 e. The van der Waals surface area contributed by atoms with Crippen molar-refractivity contribution < 1.29 is 9.53 Å². The van der Waals surface area contributed by atoms with Gasteiger partial charge in [0.25, 0.3) is 5.91 Å². The summed E-state index contributed by atoms with van der Waals surface area (Å²) in [6.07, 6.45) is 8.53. The molecule has 2 heterocycles. The molecule has 1 aliphatic carbocycles. The molecule has 0 unspecified atom stereocenters. The van der Waals surface area contributed by atoms with Gasteiger partial charge in [0.05, 0.1) is 6.61 Å². The van der Waals surface area contributed by atoms with Crippen LogP contribution in [-0.2, 0) is 0 Å². The molecule has 1 amide bonds. The SMILES string of the molecule is Cc1ccc(C(=O)Nc2ccc3c(OCC4CCCC4)nccc3c2)nc1. The van der Waals surface area contributed by atoms with E-state index in [0.717, 1.165) is 28.6 Å². The van der Waals surface area contributed by atoms with Crippen molar-refractivity contribution in [3.8, 4) is 5.88 Å². The second-order valence-electron chi connectivity index (χ2n) is 7.19. The first-order valence-corrected chi connectivity index (χ1v) is 9.44. The van der Waals surface area contributed by atoms with Crippen molar-refractivity contribution >= 4 is 22.4 Å². The van der Waals surface area contributed by atoms with Crippen LogP contribution in [0.4, 0.5) is 5.69 Å². The predicted octanol–water partition coefficient (Wildman–Crippen LogP) is 4.76. The van der Waals surface area contributed by atoms with E-state index in [2.05, 4.69) is 15.3 Å². The van der Waals surface area contributed by atoms with Gasteiger partial charge in [-0.2, -0.15) is 0 Å². The summed E-state index contributed by atoms with van der Waals surface area (Å²) in [5, 5.41) is 4.85. The Morgan fingerprint density at radius 3 is 2.78 bits per heavy atom. The Balaban J connectivity index is 1.50. The van der Waals surface area contributed by atoms with Gasteiger partial charge in [0.1, 0.15) is 5.69 Å². The summed E-state index contributed by atoms with van der Waals surface area (Å²) in [5.74, 6) is 1.08. The maximum absolute atomic E-state index is 12.4. The number of aryl methyl sites for hydroxylation is 1. The van der Waals surface area contributed by atoms with Crippen molar-refractivity contribution in [2.24, 2.45) is 5.92 Å². The number of anilines is 1. The third kappa shape index (κ3) is 4.08. The van der Waals surface area contributed by atoms with E-state index in [1.54, 1.807) is 18.5 Å². The topological polar surface area (TPSA) is 64.1 Å². The molecule has 0 radical (unpaired) electrons. The Bertz CT molecular complexity index is 947. The number of aromatic nitrogens is 2. The van der Waals surface area contributed by atoms with Gasteiger partial charge in [-0.1, -0.05) is 18.9 Å². The zero-order valence-corrected chi connectivity index (χ0v) is 15.4. The van der Waals surface area contributed by atoms with Crippen LogP contribution >= 0.6 is 0 Å². The van der Waals surface area contributed by atoms with Gasteiger partial charge >= 0.3 is 0 Å². The molecule has 1 fully saturated rings. The maximum atomic E-state index is 12.4. The molecule has 1 aromatic carbocycles. The number of nitrogens with zero attached hydrogens (tertiary/aromatic N) is 2. The highest BCUT2D eigenvalue weighted by molar-refractivity contribution is 6.04. The Labute approximate surface area is 158 Å². The highest BCUT2D eigenvalue weighted by atomic mass is 16.5. The zero-order chi connectivity index (χ0) is 18.6. The lowest BCUT2D eigenvalue weighted by Gasteiger charge is -2.13. The predicted molar refractivity (Wildman–Crippen MR) is 106 cm³/mol. The molecule has 4 rings (SSSR count). The number of nitrogens with one attached hydrogen (secondary N) is 1. The lowest BCUT2D eigenvalue weighted by atomic mass is 10.1. The molecule has 5 nitrogen and oxygen atoms in total. The lowest BCUT2D eigenvalue weighted by molar-refractivity contribution is 0.102. The van der Waals surface area contributed by atoms with Crippen LogP contribution in [0.2, 0.25) is 0 Å². The number of fused-ring (bicyclic) bond motifs is 1. The van der Waals surface area contributed by atoms with Gasteiger partial charge in [0.15, 0.2) is 0 Å². The molecule has 5 heteroatoms. The van der Waals surface area contributed by atoms with Gasteiger partial charge in [0, 0.05) is 23.5 Å². The van der Waals surface area contributed by atoms with Crippen LogP contribution in [-0.4, -0.2) is 22.5 Å². The second-order valence-corrected chi connectivity index (χ2v) is 7.19. The van der Waals surface area contributed by atoms with Crippen molar-refractivity contribution in [1.29, 1.82) is 0 Å². The summed E-state index contributed by atoms with van der Waals surface area (Å²) in [6, 6.07) is 11.3. The van der Waals surface area contributed by atoms with Gasteiger partial charge in [-0.05, 0) is 67.0 Å². The third-order valence-electron chi connectivity index (χ3n) is 5.06. The zero-order valence-electron chi connectivity index (χ0n) is 15.4. The fourth-order valence-electron chi connectivity index (χ4n) is 3.51. The average Bonchev–Trinajstić information content (AvgIpc) is 3.20. The van der Waals surface area contributed by atoms with Gasteiger partial charge in [-0.25, -0.2) is 4.98 Å². The summed E-state index contributed by atoms with van der Waals surface area (Å²) in [4.78, 5) is 20.9. The number of hydrogen-bond acceptors (Lipinski definition) is 4. The van der Waals surface area contributed by atoms with Crippen LogP contribution in [0.1, 0.15) is 41.7 Å². The Kier molecular flexibility index (Phi) is 5.01. The van der Waals surface area contributed by atoms with E-state index in [1.807, 2.05) is 37.3 Å². The largest absolute Gasteiger partial charge is 0.477 e. The first-order chi connectivity index (χ1) is 13.2. The molecule has 1 saturated carbocycles. The van der Waals surface area contributed by atoms with E-state index >= 15 is 0 Å². The van der Waals surface area contributed by atoms with E-state index in [1.165, 1.54) is 25.7 Å². The van der Waals surface area contributed by atoms with E-state index in [0.29, 0.717) is 17.5 Å². The lowest BCUT2D eigenvalue weighted by Crippen LogP contribution is -2.13. The Morgan fingerprint density at radius 2 is 2.00 bits per heavy atom. The number of carbonyl (C=O) groups excluding carboxylic acids is 1. The van der Waals surface area contributed by atoms with Crippen LogP contribution in [0.5, 0.6) is 5.88 Å². The molecule has 27 heavy (non-hydrogen) atoms.